The predicted molar refractivity (Wildman–Crippen MR) is 228 cm³/mol. The lowest BCUT2D eigenvalue weighted by molar-refractivity contribution is 1.55. The van der Waals surface area contributed by atoms with E-state index in [0.29, 0.717) is 0 Å². The molecule has 0 fully saturated rings. The largest absolute Gasteiger partial charge is 0.354 e. The zero-order valence-corrected chi connectivity index (χ0v) is 29.0. The van der Waals surface area contributed by atoms with Gasteiger partial charge >= 0.3 is 0 Å². The summed E-state index contributed by atoms with van der Waals surface area (Å²) in [4.78, 5) is 3.66. The fraction of sp³-hybridized carbons (Fsp3) is 0. The molecule has 1 aromatic heterocycles. The van der Waals surface area contributed by atoms with Gasteiger partial charge in [0.2, 0.25) is 0 Å². The SMILES string of the molecule is c1cc(-c2ccc3[nH]c4cc5ccccc5cc4c3c2)cc(-c2c3ccccc3c(-c3ccc(-c4cccc5ccccc45)cc3)c3ccccc23)c1. The smallest absolute Gasteiger partial charge is 0.0471 e. The summed E-state index contributed by atoms with van der Waals surface area (Å²) in [7, 11) is 0. The van der Waals surface area contributed by atoms with Crippen molar-refractivity contribution in [1.29, 1.82) is 0 Å². The Morgan fingerprint density at radius 1 is 0.245 bits per heavy atom. The van der Waals surface area contributed by atoms with Crippen molar-refractivity contribution in [1.82, 2.24) is 4.98 Å². The minimum Gasteiger partial charge on any atom is -0.354 e. The molecule has 10 aromatic carbocycles. The number of hydrogen-bond donors (Lipinski definition) is 1. The van der Waals surface area contributed by atoms with Crippen LogP contribution < -0.4 is 0 Å². The molecule has 53 heavy (non-hydrogen) atoms. The third-order valence-corrected chi connectivity index (χ3v) is 11.2. The minimum atomic E-state index is 1.16. The first-order valence-electron chi connectivity index (χ1n) is 18.3. The zero-order chi connectivity index (χ0) is 34.9. The van der Waals surface area contributed by atoms with Crippen molar-refractivity contribution in [2.45, 2.75) is 0 Å². The first-order valence-corrected chi connectivity index (χ1v) is 18.3. The Hall–Kier alpha value is -6.96. The summed E-state index contributed by atoms with van der Waals surface area (Å²) < 4.78 is 0. The Morgan fingerprint density at radius 2 is 0.736 bits per heavy atom. The monoisotopic (exact) mass is 671 g/mol. The maximum Gasteiger partial charge on any atom is 0.0471 e. The van der Waals surface area contributed by atoms with Crippen LogP contribution in [0.5, 0.6) is 0 Å². The van der Waals surface area contributed by atoms with Crippen molar-refractivity contribution in [2.24, 2.45) is 0 Å². The number of H-pyrrole nitrogens is 1. The first-order chi connectivity index (χ1) is 26.3. The van der Waals surface area contributed by atoms with Crippen LogP contribution in [-0.4, -0.2) is 4.98 Å². The molecule has 11 rings (SSSR count). The van der Waals surface area contributed by atoms with Gasteiger partial charge in [-0.15, -0.1) is 0 Å². The summed E-state index contributed by atoms with van der Waals surface area (Å²) in [6.07, 6.45) is 0. The van der Waals surface area contributed by atoms with Crippen LogP contribution >= 0.6 is 0 Å². The first kappa shape index (κ1) is 29.7. The number of rotatable bonds is 4. The highest BCUT2D eigenvalue weighted by atomic mass is 14.7. The molecule has 0 radical (unpaired) electrons. The maximum atomic E-state index is 3.66. The second kappa shape index (κ2) is 11.8. The Bertz CT molecular complexity index is 3150. The normalized spacial score (nSPS) is 11.8. The molecule has 0 bridgehead atoms. The molecule has 11 aromatic rings. The molecule has 1 N–H and O–H groups in total. The average Bonchev–Trinajstić information content (AvgIpc) is 3.58. The lowest BCUT2D eigenvalue weighted by Gasteiger charge is -2.18. The molecule has 1 nitrogen and oxygen atoms in total. The number of fused-ring (bicyclic) bond motifs is 7. The maximum absolute atomic E-state index is 3.66. The Labute approximate surface area is 307 Å². The number of benzene rings is 10. The fourth-order valence-corrected chi connectivity index (χ4v) is 8.67. The molecule has 0 saturated heterocycles. The molecule has 1 heteroatoms. The van der Waals surface area contributed by atoms with Crippen molar-refractivity contribution < 1.29 is 0 Å². The highest BCUT2D eigenvalue weighted by Gasteiger charge is 2.17. The summed E-state index contributed by atoms with van der Waals surface area (Å²) >= 11 is 0. The zero-order valence-electron chi connectivity index (χ0n) is 29.0. The van der Waals surface area contributed by atoms with Crippen LogP contribution in [0.4, 0.5) is 0 Å². The quantitative estimate of drug-likeness (QED) is 0.179. The van der Waals surface area contributed by atoms with Crippen LogP contribution in [0, 0.1) is 0 Å². The van der Waals surface area contributed by atoms with Crippen LogP contribution in [0.3, 0.4) is 0 Å². The van der Waals surface area contributed by atoms with Gasteiger partial charge < -0.3 is 4.98 Å². The van der Waals surface area contributed by atoms with Crippen LogP contribution in [0.15, 0.2) is 194 Å². The Morgan fingerprint density at radius 3 is 1.45 bits per heavy atom. The van der Waals surface area contributed by atoms with E-state index in [4.69, 9.17) is 0 Å². The van der Waals surface area contributed by atoms with Crippen LogP contribution in [-0.2, 0) is 0 Å². The van der Waals surface area contributed by atoms with Gasteiger partial charge in [0.25, 0.3) is 0 Å². The molecule has 0 spiro atoms. The molecule has 0 aliphatic heterocycles. The van der Waals surface area contributed by atoms with Gasteiger partial charge in [-0.2, -0.15) is 0 Å². The van der Waals surface area contributed by atoms with Crippen molar-refractivity contribution >= 4 is 64.9 Å². The van der Waals surface area contributed by atoms with E-state index in [9.17, 15) is 0 Å². The van der Waals surface area contributed by atoms with Gasteiger partial charge in [0.1, 0.15) is 0 Å². The molecular formula is C52H33N. The summed E-state index contributed by atoms with van der Waals surface area (Å²) in [5.41, 5.74) is 12.2. The van der Waals surface area contributed by atoms with E-state index in [0.717, 1.165) is 5.52 Å². The van der Waals surface area contributed by atoms with E-state index in [2.05, 4.69) is 199 Å². The van der Waals surface area contributed by atoms with Gasteiger partial charge in [-0.3, -0.25) is 0 Å². The summed E-state index contributed by atoms with van der Waals surface area (Å²) in [5.74, 6) is 0. The summed E-state index contributed by atoms with van der Waals surface area (Å²) in [6.45, 7) is 0. The van der Waals surface area contributed by atoms with Gasteiger partial charge in [0, 0.05) is 21.8 Å². The van der Waals surface area contributed by atoms with E-state index in [1.807, 2.05) is 0 Å². The van der Waals surface area contributed by atoms with Gasteiger partial charge in [0.15, 0.2) is 0 Å². The lowest BCUT2D eigenvalue weighted by atomic mass is 9.85. The van der Waals surface area contributed by atoms with Gasteiger partial charge in [-0.25, -0.2) is 0 Å². The standard InChI is InChI=1S/C52H33N/c1-2-13-38-32-50-48(30-37(38)12-1)47-31-39(27-28-49(47)53-50)36-15-9-16-40(29-36)52-45-20-7-5-18-43(45)51(44-19-6-8-21-46(44)52)35-25-23-34(24-26-35)42-22-10-14-33-11-3-4-17-41(33)42/h1-32,53H. The van der Waals surface area contributed by atoms with Crippen LogP contribution in [0.1, 0.15) is 0 Å². The lowest BCUT2D eigenvalue weighted by Crippen LogP contribution is -1.91. The second-order valence-corrected chi connectivity index (χ2v) is 14.2. The van der Waals surface area contributed by atoms with Crippen molar-refractivity contribution in [2.75, 3.05) is 0 Å². The highest BCUT2D eigenvalue weighted by molar-refractivity contribution is 6.21. The number of hydrogen-bond acceptors (Lipinski definition) is 0. The second-order valence-electron chi connectivity index (χ2n) is 14.2. The molecule has 0 aliphatic carbocycles. The van der Waals surface area contributed by atoms with E-state index >= 15 is 0 Å². The van der Waals surface area contributed by atoms with Crippen molar-refractivity contribution in [3.8, 4) is 44.5 Å². The number of nitrogens with one attached hydrogen (secondary N) is 1. The van der Waals surface area contributed by atoms with E-state index in [1.165, 1.54) is 104 Å². The van der Waals surface area contributed by atoms with Gasteiger partial charge in [-0.1, -0.05) is 164 Å². The summed E-state index contributed by atoms with van der Waals surface area (Å²) in [5, 5.41) is 12.6. The Kier molecular flexibility index (Phi) is 6.62. The van der Waals surface area contributed by atoms with E-state index < -0.39 is 0 Å². The molecule has 0 atom stereocenters. The number of aromatic nitrogens is 1. The third-order valence-electron chi connectivity index (χ3n) is 11.2. The van der Waals surface area contributed by atoms with E-state index in [-0.39, 0.29) is 0 Å². The van der Waals surface area contributed by atoms with Crippen LogP contribution in [0.25, 0.3) is 109 Å². The van der Waals surface area contributed by atoms with Gasteiger partial charge in [0.05, 0.1) is 0 Å². The topological polar surface area (TPSA) is 15.8 Å². The summed E-state index contributed by atoms with van der Waals surface area (Å²) in [6, 6.07) is 71.3. The molecule has 246 valence electrons. The number of aromatic amines is 1. The van der Waals surface area contributed by atoms with Gasteiger partial charge in [-0.05, 0) is 118 Å². The predicted octanol–water partition coefficient (Wildman–Crippen LogP) is 14.6. The molecule has 0 amide bonds. The molecule has 0 unspecified atom stereocenters. The molecule has 0 aliphatic rings. The third kappa shape index (κ3) is 4.79. The molecule has 0 saturated carbocycles. The fourth-order valence-electron chi connectivity index (χ4n) is 8.67. The van der Waals surface area contributed by atoms with E-state index in [1.54, 1.807) is 0 Å². The Balaban J connectivity index is 1.06. The average molecular weight is 672 g/mol. The molecular weight excluding hydrogens is 639 g/mol. The van der Waals surface area contributed by atoms with Crippen molar-refractivity contribution in [3.05, 3.63) is 194 Å². The minimum absolute atomic E-state index is 1.16. The van der Waals surface area contributed by atoms with Crippen LogP contribution in [0.2, 0.25) is 0 Å². The highest BCUT2D eigenvalue weighted by Crippen LogP contribution is 2.45. The molecule has 1 heterocycles. The van der Waals surface area contributed by atoms with Crippen molar-refractivity contribution in [3.63, 3.8) is 0 Å².